The van der Waals surface area contributed by atoms with Gasteiger partial charge in [-0.15, -0.1) is 11.3 Å². The van der Waals surface area contributed by atoms with Crippen LogP contribution in [0, 0.1) is 12.8 Å². The van der Waals surface area contributed by atoms with E-state index in [0.717, 1.165) is 34.2 Å². The van der Waals surface area contributed by atoms with Gasteiger partial charge in [-0.2, -0.15) is 0 Å². The van der Waals surface area contributed by atoms with Gasteiger partial charge in [0.2, 0.25) is 11.8 Å². The molecule has 0 radical (unpaired) electrons. The summed E-state index contributed by atoms with van der Waals surface area (Å²) < 4.78 is 0. The van der Waals surface area contributed by atoms with Crippen molar-refractivity contribution in [1.29, 1.82) is 0 Å². The molecule has 2 amide bonds. The number of hydrogen-bond acceptors (Lipinski definition) is 4. The molecule has 3 heterocycles. The number of thiophene rings is 1. The minimum absolute atomic E-state index is 0.143. The van der Waals surface area contributed by atoms with Crippen LogP contribution in [0.15, 0.2) is 24.3 Å². The second-order valence-corrected chi connectivity index (χ2v) is 9.98. The minimum atomic E-state index is -0.144. The van der Waals surface area contributed by atoms with E-state index in [-0.39, 0.29) is 31.2 Å². The Hall–Kier alpha value is -2.24. The molecule has 1 aromatic carbocycles. The number of imide groups is 1. The Bertz CT molecular complexity index is 1170. The van der Waals surface area contributed by atoms with Crippen LogP contribution in [0.2, 0.25) is 5.02 Å². The van der Waals surface area contributed by atoms with Crippen LogP contribution < -0.4 is 0 Å². The van der Waals surface area contributed by atoms with Gasteiger partial charge in [0.15, 0.2) is 0 Å². The first kappa shape index (κ1) is 19.7. The molecule has 1 saturated heterocycles. The van der Waals surface area contributed by atoms with Gasteiger partial charge in [0.25, 0.3) is 0 Å². The van der Waals surface area contributed by atoms with E-state index in [9.17, 15) is 9.59 Å². The van der Waals surface area contributed by atoms with Crippen molar-refractivity contribution < 1.29 is 9.59 Å². The first-order valence-corrected chi connectivity index (χ1v) is 11.6. The molecule has 154 valence electrons. The highest BCUT2D eigenvalue weighted by atomic mass is 35.5. The van der Waals surface area contributed by atoms with E-state index in [0.29, 0.717) is 16.6 Å². The lowest BCUT2D eigenvalue weighted by Gasteiger charge is -2.20. The largest absolute Gasteiger partial charge is 0.276 e. The number of nitrogens with zero attached hydrogens (tertiary/aromatic N) is 2. The summed E-state index contributed by atoms with van der Waals surface area (Å²) in [5.41, 5.74) is 5.21. The quantitative estimate of drug-likeness (QED) is 0.493. The molecule has 1 atom stereocenters. The summed E-state index contributed by atoms with van der Waals surface area (Å²) in [6, 6.07) is 8.38. The van der Waals surface area contributed by atoms with Crippen molar-refractivity contribution in [1.82, 2.24) is 9.88 Å². The molecule has 0 bridgehead atoms. The van der Waals surface area contributed by atoms with E-state index in [2.05, 4.69) is 38.1 Å². The molecular formula is C24H23ClN2O2S. The molecular weight excluding hydrogens is 416 g/mol. The topological polar surface area (TPSA) is 50.3 Å². The number of pyridine rings is 1. The fourth-order valence-electron chi connectivity index (χ4n) is 4.54. The number of carbonyl (C=O) groups excluding carboxylic acids is 2. The van der Waals surface area contributed by atoms with Crippen LogP contribution in [0.1, 0.15) is 47.9 Å². The molecule has 6 heteroatoms. The summed E-state index contributed by atoms with van der Waals surface area (Å²) in [5.74, 6) is 0.381. The number of amides is 2. The van der Waals surface area contributed by atoms with Gasteiger partial charge in [0.05, 0.1) is 17.3 Å². The maximum Gasteiger partial charge on any atom is 0.230 e. The van der Waals surface area contributed by atoms with E-state index >= 15 is 0 Å². The van der Waals surface area contributed by atoms with Crippen LogP contribution in [-0.2, 0) is 29.0 Å². The van der Waals surface area contributed by atoms with Crippen molar-refractivity contribution in [2.45, 2.75) is 52.5 Å². The Morgan fingerprint density at radius 2 is 1.83 bits per heavy atom. The molecule has 1 fully saturated rings. The maximum atomic E-state index is 12.2. The number of aromatic nitrogens is 1. The standard InChI is InChI=1S/C24H23ClN2O2S/c1-13-3-6-15(7-4-13)21-22-16-8-5-14(2)11-18(16)30-24(22)26-17(23(21)25)12-27-19(28)9-10-20(27)29/h3-4,6-7,14H,5,8-12H2,1-2H3. The van der Waals surface area contributed by atoms with E-state index < -0.39 is 0 Å². The van der Waals surface area contributed by atoms with Gasteiger partial charge in [0.1, 0.15) is 4.83 Å². The number of fused-ring (bicyclic) bond motifs is 3. The highest BCUT2D eigenvalue weighted by Gasteiger charge is 2.31. The lowest BCUT2D eigenvalue weighted by atomic mass is 9.87. The zero-order valence-electron chi connectivity index (χ0n) is 17.1. The van der Waals surface area contributed by atoms with Crippen molar-refractivity contribution >= 4 is 45.0 Å². The Morgan fingerprint density at radius 3 is 2.53 bits per heavy atom. The van der Waals surface area contributed by atoms with Crippen molar-refractivity contribution in [3.05, 3.63) is 51.0 Å². The van der Waals surface area contributed by atoms with E-state index in [1.165, 1.54) is 27.3 Å². The molecule has 0 saturated carbocycles. The highest BCUT2D eigenvalue weighted by Crippen LogP contribution is 2.45. The second kappa shape index (κ2) is 7.47. The van der Waals surface area contributed by atoms with Crippen molar-refractivity contribution in [2.24, 2.45) is 5.92 Å². The summed E-state index contributed by atoms with van der Waals surface area (Å²) in [6.45, 7) is 4.51. The monoisotopic (exact) mass is 438 g/mol. The van der Waals surface area contributed by atoms with Crippen LogP contribution >= 0.6 is 22.9 Å². The predicted molar refractivity (Wildman–Crippen MR) is 121 cm³/mol. The number of aryl methyl sites for hydroxylation is 2. The molecule has 2 aliphatic rings. The molecule has 4 nitrogen and oxygen atoms in total. The van der Waals surface area contributed by atoms with E-state index in [4.69, 9.17) is 16.6 Å². The number of benzene rings is 1. The third-order valence-corrected chi connectivity index (χ3v) is 7.81. The van der Waals surface area contributed by atoms with Crippen LogP contribution in [0.3, 0.4) is 0 Å². The average Bonchev–Trinajstić information content (AvgIpc) is 3.23. The molecule has 1 unspecified atom stereocenters. The normalized spacial score (nSPS) is 19.0. The number of hydrogen-bond donors (Lipinski definition) is 0. The molecule has 1 aliphatic carbocycles. The molecule has 3 aromatic rings. The molecule has 1 aliphatic heterocycles. The maximum absolute atomic E-state index is 12.2. The molecule has 30 heavy (non-hydrogen) atoms. The number of likely N-dealkylation sites (tertiary alicyclic amines) is 1. The minimum Gasteiger partial charge on any atom is -0.276 e. The summed E-state index contributed by atoms with van der Waals surface area (Å²) in [5, 5.41) is 1.71. The third kappa shape index (κ3) is 3.25. The summed E-state index contributed by atoms with van der Waals surface area (Å²) >= 11 is 8.70. The van der Waals surface area contributed by atoms with Gasteiger partial charge in [0, 0.05) is 28.7 Å². The van der Waals surface area contributed by atoms with Crippen LogP contribution in [0.4, 0.5) is 0 Å². The smallest absolute Gasteiger partial charge is 0.230 e. The molecule has 2 aromatic heterocycles. The van der Waals surface area contributed by atoms with Gasteiger partial charge in [-0.1, -0.05) is 48.4 Å². The Balaban J connectivity index is 1.73. The van der Waals surface area contributed by atoms with Gasteiger partial charge < -0.3 is 0 Å². The van der Waals surface area contributed by atoms with E-state index in [1.54, 1.807) is 11.3 Å². The van der Waals surface area contributed by atoms with Crippen LogP contribution in [-0.4, -0.2) is 21.7 Å². The van der Waals surface area contributed by atoms with Gasteiger partial charge >= 0.3 is 0 Å². The number of carbonyl (C=O) groups is 2. The molecule has 0 spiro atoms. The van der Waals surface area contributed by atoms with Gasteiger partial charge in [-0.05, 0) is 43.2 Å². The Morgan fingerprint density at radius 1 is 1.13 bits per heavy atom. The predicted octanol–water partition coefficient (Wildman–Crippen LogP) is 5.70. The van der Waals surface area contributed by atoms with Gasteiger partial charge in [-0.25, -0.2) is 4.98 Å². The lowest BCUT2D eigenvalue weighted by Crippen LogP contribution is -2.29. The van der Waals surface area contributed by atoms with E-state index in [1.807, 2.05) is 0 Å². The third-order valence-electron chi connectivity index (χ3n) is 6.26. The zero-order valence-corrected chi connectivity index (χ0v) is 18.7. The van der Waals surface area contributed by atoms with Crippen LogP contribution in [0.5, 0.6) is 0 Å². The Labute approximate surface area is 184 Å². The van der Waals surface area contributed by atoms with Crippen LogP contribution in [0.25, 0.3) is 21.3 Å². The first-order chi connectivity index (χ1) is 14.4. The number of halogens is 1. The van der Waals surface area contributed by atoms with Crippen molar-refractivity contribution in [3.8, 4) is 11.1 Å². The SMILES string of the molecule is Cc1ccc(-c2c(Cl)c(CN3C(=O)CCC3=O)nc3sc4c(c23)CCC(C)C4)cc1. The number of rotatable bonds is 3. The second-order valence-electron chi connectivity index (χ2n) is 8.52. The Kier molecular flexibility index (Phi) is 4.91. The fourth-order valence-corrected chi connectivity index (χ4v) is 6.26. The summed E-state index contributed by atoms with van der Waals surface area (Å²) in [4.78, 5) is 32.9. The fraction of sp³-hybridized carbons (Fsp3) is 0.375. The summed E-state index contributed by atoms with van der Waals surface area (Å²) in [7, 11) is 0. The summed E-state index contributed by atoms with van der Waals surface area (Å²) in [6.07, 6.45) is 3.82. The zero-order chi connectivity index (χ0) is 21.0. The highest BCUT2D eigenvalue weighted by molar-refractivity contribution is 7.19. The molecule has 5 rings (SSSR count). The van der Waals surface area contributed by atoms with Gasteiger partial charge in [-0.3, -0.25) is 14.5 Å². The molecule has 0 N–H and O–H groups in total. The van der Waals surface area contributed by atoms with Crippen molar-refractivity contribution in [3.63, 3.8) is 0 Å². The lowest BCUT2D eigenvalue weighted by molar-refractivity contribution is -0.139. The first-order valence-electron chi connectivity index (χ1n) is 10.4. The average molecular weight is 439 g/mol. The van der Waals surface area contributed by atoms with Crippen molar-refractivity contribution in [2.75, 3.05) is 0 Å².